The van der Waals surface area contributed by atoms with Gasteiger partial charge in [0.15, 0.2) is 0 Å². The van der Waals surface area contributed by atoms with Crippen LogP contribution in [0.3, 0.4) is 0 Å². The van der Waals surface area contributed by atoms with Gasteiger partial charge in [-0.3, -0.25) is 4.79 Å². The molecule has 23 heavy (non-hydrogen) atoms. The Bertz CT molecular complexity index is 277. The molecular formula is C20H39NO2. The Labute approximate surface area is 143 Å². The minimum atomic E-state index is -0.667. The molecule has 0 aliphatic heterocycles. The Kier molecular flexibility index (Phi) is 18.5. The maximum Gasteiger partial charge on any atom is 0.303 e. The van der Waals surface area contributed by atoms with Gasteiger partial charge in [-0.05, 0) is 45.1 Å². The molecular weight excluding hydrogens is 286 g/mol. The minimum Gasteiger partial charge on any atom is -0.481 e. The van der Waals surface area contributed by atoms with Crippen molar-refractivity contribution in [3.05, 3.63) is 12.2 Å². The number of unbranched alkanes of at least 4 members (excludes halogenated alkanes) is 13. The van der Waals surface area contributed by atoms with Crippen LogP contribution in [0, 0.1) is 0 Å². The molecule has 3 nitrogen and oxygen atoms in total. The van der Waals surface area contributed by atoms with E-state index in [4.69, 9.17) is 10.8 Å². The van der Waals surface area contributed by atoms with Gasteiger partial charge in [-0.25, -0.2) is 0 Å². The van der Waals surface area contributed by atoms with Gasteiger partial charge in [0, 0.05) is 6.42 Å². The quantitative estimate of drug-likeness (QED) is 0.246. The lowest BCUT2D eigenvalue weighted by molar-refractivity contribution is -0.137. The fourth-order valence-electron chi connectivity index (χ4n) is 2.77. The maximum absolute atomic E-state index is 10.4. The van der Waals surface area contributed by atoms with Gasteiger partial charge >= 0.3 is 5.97 Å². The van der Waals surface area contributed by atoms with Crippen LogP contribution in [0.5, 0.6) is 0 Å². The van der Waals surface area contributed by atoms with Crippen LogP contribution >= 0.6 is 0 Å². The summed E-state index contributed by atoms with van der Waals surface area (Å²) in [5.74, 6) is -0.667. The lowest BCUT2D eigenvalue weighted by Crippen LogP contribution is -1.97. The summed E-state index contributed by atoms with van der Waals surface area (Å²) in [6.45, 7) is 0.844. The Morgan fingerprint density at radius 3 is 1.48 bits per heavy atom. The maximum atomic E-state index is 10.4. The number of nitrogens with two attached hydrogens (primary N) is 1. The second-order valence-electron chi connectivity index (χ2n) is 6.58. The first kappa shape index (κ1) is 22.2. The molecule has 0 aromatic carbocycles. The molecule has 0 fully saturated rings. The Balaban J connectivity index is 3.07. The highest BCUT2D eigenvalue weighted by molar-refractivity contribution is 5.66. The van der Waals surface area contributed by atoms with E-state index in [1.165, 1.54) is 83.5 Å². The fraction of sp³-hybridized carbons (Fsp3) is 0.850. The third kappa shape index (κ3) is 21.2. The van der Waals surface area contributed by atoms with Gasteiger partial charge < -0.3 is 10.8 Å². The first-order valence-electron chi connectivity index (χ1n) is 9.84. The van der Waals surface area contributed by atoms with Crippen molar-refractivity contribution in [3.8, 4) is 0 Å². The van der Waals surface area contributed by atoms with Gasteiger partial charge in [-0.2, -0.15) is 0 Å². The number of hydrogen-bond acceptors (Lipinski definition) is 2. The largest absolute Gasteiger partial charge is 0.481 e. The minimum absolute atomic E-state index is 0.327. The van der Waals surface area contributed by atoms with Crippen LogP contribution in [0.25, 0.3) is 0 Å². The third-order valence-electron chi connectivity index (χ3n) is 4.25. The van der Waals surface area contributed by atoms with E-state index in [1.54, 1.807) is 0 Å². The number of hydrogen-bond donors (Lipinski definition) is 2. The summed E-state index contributed by atoms with van der Waals surface area (Å²) in [6, 6.07) is 0. The highest BCUT2D eigenvalue weighted by atomic mass is 16.4. The van der Waals surface area contributed by atoms with Crippen molar-refractivity contribution in [3.63, 3.8) is 0 Å². The molecule has 0 aliphatic rings. The molecule has 0 heterocycles. The summed E-state index contributed by atoms with van der Waals surface area (Å²) in [7, 11) is 0. The summed E-state index contributed by atoms with van der Waals surface area (Å²) in [5.41, 5.74) is 5.48. The molecule has 0 saturated carbocycles. The average molecular weight is 326 g/mol. The van der Waals surface area contributed by atoms with Gasteiger partial charge in [0.2, 0.25) is 0 Å². The van der Waals surface area contributed by atoms with Crippen LogP contribution in [0.4, 0.5) is 0 Å². The van der Waals surface area contributed by atoms with Crippen LogP contribution in [-0.4, -0.2) is 17.6 Å². The van der Waals surface area contributed by atoms with Crippen molar-refractivity contribution in [1.29, 1.82) is 0 Å². The molecule has 136 valence electrons. The SMILES string of the molecule is NCCCCCCCCCC/C=C/CCCCCCCC(=O)O. The number of carbonyl (C=O) groups is 1. The van der Waals surface area contributed by atoms with E-state index in [-0.39, 0.29) is 0 Å². The summed E-state index contributed by atoms with van der Waals surface area (Å²) >= 11 is 0. The number of carboxylic acid groups (broad SMARTS) is 1. The zero-order valence-electron chi connectivity index (χ0n) is 15.1. The van der Waals surface area contributed by atoms with Gasteiger partial charge in [0.1, 0.15) is 0 Å². The van der Waals surface area contributed by atoms with E-state index in [0.717, 1.165) is 19.4 Å². The van der Waals surface area contributed by atoms with Gasteiger partial charge in [-0.1, -0.05) is 69.9 Å². The lowest BCUT2D eigenvalue weighted by Gasteiger charge is -2.00. The molecule has 0 aromatic rings. The first-order valence-corrected chi connectivity index (χ1v) is 9.84. The molecule has 0 radical (unpaired) electrons. The van der Waals surface area contributed by atoms with E-state index in [0.29, 0.717) is 6.42 Å². The monoisotopic (exact) mass is 325 g/mol. The normalized spacial score (nSPS) is 11.3. The Morgan fingerprint density at radius 2 is 1.04 bits per heavy atom. The summed E-state index contributed by atoms with van der Waals surface area (Å²) in [5, 5.41) is 8.54. The Morgan fingerprint density at radius 1 is 0.652 bits per heavy atom. The zero-order chi connectivity index (χ0) is 17.0. The molecule has 0 amide bonds. The number of allylic oxidation sites excluding steroid dienone is 2. The van der Waals surface area contributed by atoms with Crippen LogP contribution in [0.1, 0.15) is 103 Å². The predicted molar refractivity (Wildman–Crippen MR) is 99.7 cm³/mol. The van der Waals surface area contributed by atoms with E-state index in [2.05, 4.69) is 12.2 Å². The molecule has 0 spiro atoms. The zero-order valence-corrected chi connectivity index (χ0v) is 15.1. The molecule has 0 saturated heterocycles. The van der Waals surface area contributed by atoms with E-state index >= 15 is 0 Å². The van der Waals surface area contributed by atoms with Crippen molar-refractivity contribution in [2.45, 2.75) is 103 Å². The number of rotatable bonds is 18. The van der Waals surface area contributed by atoms with Crippen LogP contribution in [0.2, 0.25) is 0 Å². The first-order chi connectivity index (χ1) is 11.3. The molecule has 3 N–H and O–H groups in total. The standard InChI is InChI=1S/C20H39NO2/c21-19-17-15-13-11-9-7-5-3-1-2-4-6-8-10-12-14-16-18-20(22)23/h2,4H,1,3,5-19,21H2,(H,22,23)/b4-2+. The highest BCUT2D eigenvalue weighted by Crippen LogP contribution is 2.11. The van der Waals surface area contributed by atoms with Crippen molar-refractivity contribution >= 4 is 5.97 Å². The van der Waals surface area contributed by atoms with Crippen molar-refractivity contribution in [2.75, 3.05) is 6.54 Å². The fourth-order valence-corrected chi connectivity index (χ4v) is 2.77. The van der Waals surface area contributed by atoms with E-state index in [1.807, 2.05) is 0 Å². The van der Waals surface area contributed by atoms with Crippen molar-refractivity contribution < 1.29 is 9.90 Å². The molecule has 0 atom stereocenters. The van der Waals surface area contributed by atoms with Gasteiger partial charge in [0.25, 0.3) is 0 Å². The summed E-state index contributed by atoms with van der Waals surface area (Å²) in [4.78, 5) is 10.4. The molecule has 3 heteroatoms. The second-order valence-corrected chi connectivity index (χ2v) is 6.58. The molecule has 0 unspecified atom stereocenters. The third-order valence-corrected chi connectivity index (χ3v) is 4.25. The molecule has 0 bridgehead atoms. The summed E-state index contributed by atoms with van der Waals surface area (Å²) < 4.78 is 0. The number of carboxylic acids is 1. The molecule has 0 aliphatic carbocycles. The van der Waals surface area contributed by atoms with Crippen molar-refractivity contribution in [1.82, 2.24) is 0 Å². The molecule has 0 aromatic heterocycles. The van der Waals surface area contributed by atoms with E-state index < -0.39 is 5.97 Å². The van der Waals surface area contributed by atoms with Crippen LogP contribution in [0.15, 0.2) is 12.2 Å². The Hall–Kier alpha value is -0.830. The van der Waals surface area contributed by atoms with Crippen LogP contribution in [-0.2, 0) is 4.79 Å². The van der Waals surface area contributed by atoms with Gasteiger partial charge in [-0.15, -0.1) is 0 Å². The highest BCUT2D eigenvalue weighted by Gasteiger charge is 1.96. The topological polar surface area (TPSA) is 63.3 Å². The summed E-state index contributed by atoms with van der Waals surface area (Å²) in [6.07, 6.45) is 23.6. The number of aliphatic carboxylic acids is 1. The average Bonchev–Trinajstić information content (AvgIpc) is 2.53. The predicted octanol–water partition coefficient (Wildman–Crippen LogP) is 5.83. The lowest BCUT2D eigenvalue weighted by atomic mass is 10.1. The second kappa shape index (κ2) is 19.2. The van der Waals surface area contributed by atoms with E-state index in [9.17, 15) is 4.79 Å². The smallest absolute Gasteiger partial charge is 0.303 e. The van der Waals surface area contributed by atoms with Crippen molar-refractivity contribution in [2.24, 2.45) is 5.73 Å². The molecule has 0 rings (SSSR count). The van der Waals surface area contributed by atoms with Gasteiger partial charge in [0.05, 0.1) is 0 Å². The van der Waals surface area contributed by atoms with Crippen LogP contribution < -0.4 is 5.73 Å².